The first-order valence-corrected chi connectivity index (χ1v) is 20.1. The Labute approximate surface area is 346 Å². The van der Waals surface area contributed by atoms with Crippen LogP contribution in [-0.4, -0.2) is 125 Å². The van der Waals surface area contributed by atoms with Crippen LogP contribution in [0.1, 0.15) is 99.1 Å². The van der Waals surface area contributed by atoms with E-state index in [0.29, 0.717) is 24.3 Å². The number of ether oxygens (including phenoxy) is 6. The number of hydrogen-bond donors (Lipinski definition) is 6. The second-order valence-electron chi connectivity index (χ2n) is 17.6. The Kier molecular flexibility index (Phi) is 20.5. The largest absolute Gasteiger partial charge is 0.493 e. The maximum Gasteiger partial charge on any atom is 0.229 e. The number of rotatable bonds is 27. The molecule has 0 fully saturated rings. The molecule has 332 valence electrons. The molecule has 0 aromatic heterocycles. The number of aliphatic hydroxyl groups is 4. The molecule has 2 rings (SSSR count). The summed E-state index contributed by atoms with van der Waals surface area (Å²) in [5.41, 5.74) is -1.88. The molecule has 58 heavy (non-hydrogen) atoms. The molecule has 0 aliphatic carbocycles. The predicted molar refractivity (Wildman–Crippen MR) is 221 cm³/mol. The fourth-order valence-corrected chi connectivity index (χ4v) is 6.73. The first-order chi connectivity index (χ1) is 27.0. The molecule has 0 saturated heterocycles. The number of carbonyl (C=O) groups is 1. The van der Waals surface area contributed by atoms with Gasteiger partial charge in [0.15, 0.2) is 11.5 Å². The molecule has 0 aliphatic rings. The van der Waals surface area contributed by atoms with E-state index in [-0.39, 0.29) is 32.4 Å². The molecular weight excluding hydrogens is 750 g/mol. The number of methoxy groups -OCH3 is 3. The molecule has 0 radical (unpaired) electrons. The van der Waals surface area contributed by atoms with Crippen LogP contribution in [0, 0.1) is 5.92 Å². The Balaban J connectivity index is 2.33. The van der Waals surface area contributed by atoms with Gasteiger partial charge < -0.3 is 54.2 Å². The minimum atomic E-state index is -1.70. The highest BCUT2D eigenvalue weighted by Gasteiger charge is 2.47. The van der Waals surface area contributed by atoms with Gasteiger partial charge in [-0.25, -0.2) is 4.89 Å². The van der Waals surface area contributed by atoms with Crippen molar-refractivity contribution < 1.29 is 63.8 Å². The van der Waals surface area contributed by atoms with Crippen LogP contribution in [0.3, 0.4) is 0 Å². The molecule has 2 aromatic carbocycles. The molecule has 7 atom stereocenters. The Morgan fingerprint density at radius 3 is 1.93 bits per heavy atom. The first kappa shape index (κ1) is 51.3. The minimum Gasteiger partial charge on any atom is -0.493 e. The standard InChI is InChI=1S/C44H73NO13/c1-41(2,3)56-35(28-46)37(48)38(49)36(40(50)45-27-30-16-14-13-15-17-30)44(8,9)55-25-24-43(6,7)57-39(31(47)22-23-42(4,5)54-12)33(58-51)21-19-29-18-20-32(52-10)34(26-29)53-11/h13-18,20,26,31,33,35-39,46-49,51H,19,21-25,27-28H2,1-12H3,(H,45,50)/t31?,33?,35-,36?,37?,38?,39+/m1/s1. The van der Waals surface area contributed by atoms with Crippen LogP contribution in [0.2, 0.25) is 0 Å². The molecule has 1 amide bonds. The first-order valence-electron chi connectivity index (χ1n) is 20.1. The van der Waals surface area contributed by atoms with Crippen LogP contribution in [0.5, 0.6) is 11.5 Å². The summed E-state index contributed by atoms with van der Waals surface area (Å²) in [6.07, 6.45) is -5.72. The van der Waals surface area contributed by atoms with E-state index in [4.69, 9.17) is 33.3 Å². The molecule has 0 heterocycles. The molecule has 0 bridgehead atoms. The van der Waals surface area contributed by atoms with E-state index >= 15 is 0 Å². The van der Waals surface area contributed by atoms with E-state index in [1.807, 2.05) is 70.2 Å². The van der Waals surface area contributed by atoms with Crippen molar-refractivity contribution in [1.82, 2.24) is 5.32 Å². The number of amides is 1. The van der Waals surface area contributed by atoms with E-state index in [9.17, 15) is 30.5 Å². The second-order valence-corrected chi connectivity index (χ2v) is 17.6. The zero-order valence-corrected chi connectivity index (χ0v) is 36.8. The molecule has 0 saturated carbocycles. The van der Waals surface area contributed by atoms with E-state index in [2.05, 4.69) is 5.32 Å². The normalized spacial score (nSPS) is 16.5. The van der Waals surface area contributed by atoms with Gasteiger partial charge in [0.05, 0.1) is 68.0 Å². The van der Waals surface area contributed by atoms with E-state index in [1.165, 1.54) is 0 Å². The Morgan fingerprint density at radius 2 is 1.38 bits per heavy atom. The van der Waals surface area contributed by atoms with Crippen LogP contribution >= 0.6 is 0 Å². The van der Waals surface area contributed by atoms with Gasteiger partial charge in [-0.2, -0.15) is 0 Å². The van der Waals surface area contributed by atoms with Crippen molar-refractivity contribution in [3.8, 4) is 11.5 Å². The lowest BCUT2D eigenvalue weighted by molar-refractivity contribution is -0.318. The molecule has 14 nitrogen and oxygen atoms in total. The summed E-state index contributed by atoms with van der Waals surface area (Å²) in [6.45, 7) is 15.7. The number of aliphatic hydroxyl groups excluding tert-OH is 4. The summed E-state index contributed by atoms with van der Waals surface area (Å²) >= 11 is 0. The average molecular weight is 824 g/mol. The third-order valence-electron chi connectivity index (χ3n) is 10.4. The van der Waals surface area contributed by atoms with E-state index in [1.54, 1.807) is 62.0 Å². The van der Waals surface area contributed by atoms with Crippen molar-refractivity contribution in [2.75, 3.05) is 34.5 Å². The summed E-state index contributed by atoms with van der Waals surface area (Å²) in [6, 6.07) is 14.8. The minimum absolute atomic E-state index is 0.0308. The molecular formula is C44H73NO13. The van der Waals surface area contributed by atoms with Gasteiger partial charge in [-0.05, 0) is 118 Å². The van der Waals surface area contributed by atoms with Crippen molar-refractivity contribution in [2.24, 2.45) is 5.92 Å². The number of benzene rings is 2. The van der Waals surface area contributed by atoms with Crippen LogP contribution in [-0.2, 0) is 41.6 Å². The number of nitrogens with one attached hydrogen (secondary N) is 1. The second kappa shape index (κ2) is 23.2. The number of hydrogen-bond acceptors (Lipinski definition) is 13. The third-order valence-corrected chi connectivity index (χ3v) is 10.4. The fraction of sp³-hybridized carbons (Fsp3) is 0.705. The quantitative estimate of drug-likeness (QED) is 0.0507. The smallest absolute Gasteiger partial charge is 0.229 e. The summed E-state index contributed by atoms with van der Waals surface area (Å²) in [7, 11) is 4.72. The van der Waals surface area contributed by atoms with Crippen molar-refractivity contribution in [1.29, 1.82) is 0 Å². The molecule has 2 aromatic rings. The zero-order valence-electron chi connectivity index (χ0n) is 36.8. The van der Waals surface area contributed by atoms with Gasteiger partial charge in [-0.15, -0.1) is 0 Å². The Bertz CT molecular complexity index is 1480. The van der Waals surface area contributed by atoms with Gasteiger partial charge in [0, 0.05) is 13.7 Å². The van der Waals surface area contributed by atoms with Gasteiger partial charge in [0.25, 0.3) is 0 Å². The molecule has 14 heteroatoms. The lowest BCUT2D eigenvalue weighted by atomic mass is 9.81. The molecule has 6 N–H and O–H groups in total. The maximum atomic E-state index is 13.9. The van der Waals surface area contributed by atoms with E-state index in [0.717, 1.165) is 11.1 Å². The Morgan fingerprint density at radius 1 is 0.741 bits per heavy atom. The van der Waals surface area contributed by atoms with Crippen LogP contribution in [0.15, 0.2) is 48.5 Å². The summed E-state index contributed by atoms with van der Waals surface area (Å²) in [5.74, 6) is -0.734. The monoisotopic (exact) mass is 824 g/mol. The number of carbonyl (C=O) groups excluding carboxylic acids is 1. The third kappa shape index (κ3) is 16.6. The van der Waals surface area contributed by atoms with Crippen LogP contribution < -0.4 is 14.8 Å². The summed E-state index contributed by atoms with van der Waals surface area (Å²) < 4.78 is 35.2. The van der Waals surface area contributed by atoms with Crippen molar-refractivity contribution >= 4 is 5.91 Å². The lowest BCUT2D eigenvalue weighted by Gasteiger charge is -2.41. The van der Waals surface area contributed by atoms with Crippen LogP contribution in [0.25, 0.3) is 0 Å². The molecule has 0 spiro atoms. The van der Waals surface area contributed by atoms with Crippen LogP contribution in [0.4, 0.5) is 0 Å². The summed E-state index contributed by atoms with van der Waals surface area (Å²) in [4.78, 5) is 18.9. The lowest BCUT2D eigenvalue weighted by Crippen LogP contribution is -2.57. The molecule has 5 unspecified atom stereocenters. The number of aryl methyl sites for hydroxylation is 1. The average Bonchev–Trinajstić information content (AvgIpc) is 3.17. The topological polar surface area (TPSA) is 195 Å². The fourth-order valence-electron chi connectivity index (χ4n) is 6.73. The maximum absolute atomic E-state index is 13.9. The molecule has 0 aliphatic heterocycles. The SMILES string of the molecule is COc1ccc(CCC(OO)[C@@H](OC(C)(C)CCOC(C)(C)C(C(=O)NCc2ccccc2)C(O)C(O)[C@@H](CO)OC(C)(C)C)C(O)CCC(C)(C)OC)cc1OC. The highest BCUT2D eigenvalue weighted by Crippen LogP contribution is 2.33. The van der Waals surface area contributed by atoms with E-state index < -0.39 is 77.5 Å². The van der Waals surface area contributed by atoms with Crippen molar-refractivity contribution in [3.63, 3.8) is 0 Å². The van der Waals surface area contributed by atoms with Gasteiger partial charge in [0.1, 0.15) is 24.4 Å². The van der Waals surface area contributed by atoms with Crippen molar-refractivity contribution in [3.05, 3.63) is 59.7 Å². The van der Waals surface area contributed by atoms with Gasteiger partial charge in [0.2, 0.25) is 5.91 Å². The predicted octanol–water partition coefficient (Wildman–Crippen LogP) is 5.24. The van der Waals surface area contributed by atoms with Crippen molar-refractivity contribution in [2.45, 2.75) is 160 Å². The highest BCUT2D eigenvalue weighted by atomic mass is 17.1. The van der Waals surface area contributed by atoms with Gasteiger partial charge in [-0.3, -0.25) is 10.1 Å². The zero-order chi connectivity index (χ0) is 43.9. The van der Waals surface area contributed by atoms with Gasteiger partial charge >= 0.3 is 0 Å². The summed E-state index contributed by atoms with van der Waals surface area (Å²) in [5, 5.41) is 57.7. The highest BCUT2D eigenvalue weighted by molar-refractivity contribution is 5.80. The Hall–Kier alpha value is -2.89. The van der Waals surface area contributed by atoms with Gasteiger partial charge in [-0.1, -0.05) is 36.4 Å².